The SMILES string of the molecule is COC(=O)C(C)S(=O)(=O)N(C)Cc1ccc(C(=O)O)cc1. The molecule has 0 saturated heterocycles. The second kappa shape index (κ2) is 6.68. The topological polar surface area (TPSA) is 101 Å². The van der Waals surface area contributed by atoms with Crippen LogP contribution in [0.3, 0.4) is 0 Å². The fourth-order valence-corrected chi connectivity index (χ4v) is 2.87. The second-order valence-corrected chi connectivity index (χ2v) is 6.83. The molecular weight excluding hydrogens is 298 g/mol. The first-order chi connectivity index (χ1) is 9.70. The molecule has 0 aromatic heterocycles. The Morgan fingerprint density at radius 3 is 2.24 bits per heavy atom. The van der Waals surface area contributed by atoms with Crippen LogP contribution in [0, 0.1) is 0 Å². The van der Waals surface area contributed by atoms with Crippen molar-refractivity contribution >= 4 is 22.0 Å². The van der Waals surface area contributed by atoms with Gasteiger partial charge in [-0.25, -0.2) is 13.2 Å². The zero-order chi connectivity index (χ0) is 16.2. The quantitative estimate of drug-likeness (QED) is 0.776. The number of sulfonamides is 1. The predicted molar refractivity (Wildman–Crippen MR) is 75.3 cm³/mol. The van der Waals surface area contributed by atoms with Gasteiger partial charge in [-0.3, -0.25) is 4.79 Å². The van der Waals surface area contributed by atoms with Crippen LogP contribution < -0.4 is 0 Å². The summed E-state index contributed by atoms with van der Waals surface area (Å²) in [5, 5.41) is 7.49. The Morgan fingerprint density at radius 2 is 1.81 bits per heavy atom. The maximum atomic E-state index is 12.1. The summed E-state index contributed by atoms with van der Waals surface area (Å²) in [6.07, 6.45) is 0. The molecule has 0 saturated carbocycles. The highest BCUT2D eigenvalue weighted by atomic mass is 32.2. The van der Waals surface area contributed by atoms with Crippen molar-refractivity contribution in [3.05, 3.63) is 35.4 Å². The standard InChI is InChI=1S/C13H17NO6S/c1-9(13(17)20-3)21(18,19)14(2)8-10-4-6-11(7-5-10)12(15)16/h4-7,9H,8H2,1-3H3,(H,15,16). The smallest absolute Gasteiger partial charge is 0.335 e. The van der Waals surface area contributed by atoms with Crippen molar-refractivity contribution in [2.75, 3.05) is 14.2 Å². The van der Waals surface area contributed by atoms with Gasteiger partial charge in [0.15, 0.2) is 5.25 Å². The van der Waals surface area contributed by atoms with Gasteiger partial charge in [0.2, 0.25) is 10.0 Å². The summed E-state index contributed by atoms with van der Waals surface area (Å²) in [6, 6.07) is 5.83. The number of ether oxygens (including phenoxy) is 1. The second-order valence-electron chi connectivity index (χ2n) is 4.47. The summed E-state index contributed by atoms with van der Waals surface area (Å²) in [5.41, 5.74) is 0.732. The molecule has 116 valence electrons. The number of methoxy groups -OCH3 is 1. The molecule has 0 amide bonds. The first kappa shape index (κ1) is 17.1. The van der Waals surface area contributed by atoms with Crippen molar-refractivity contribution in [1.29, 1.82) is 0 Å². The van der Waals surface area contributed by atoms with Crippen molar-refractivity contribution in [2.24, 2.45) is 0 Å². The molecule has 8 heteroatoms. The highest BCUT2D eigenvalue weighted by molar-refractivity contribution is 7.90. The van der Waals surface area contributed by atoms with Crippen LogP contribution in [-0.2, 0) is 26.1 Å². The Morgan fingerprint density at radius 1 is 1.29 bits per heavy atom. The summed E-state index contributed by atoms with van der Waals surface area (Å²) < 4.78 is 29.7. The normalized spacial score (nSPS) is 13.0. The molecule has 1 atom stereocenters. The largest absolute Gasteiger partial charge is 0.478 e. The van der Waals surface area contributed by atoms with Gasteiger partial charge in [0, 0.05) is 13.6 Å². The zero-order valence-corrected chi connectivity index (χ0v) is 12.8. The maximum absolute atomic E-state index is 12.1. The molecule has 7 nitrogen and oxygen atoms in total. The number of carboxylic acids is 1. The molecule has 0 aliphatic rings. The van der Waals surface area contributed by atoms with Gasteiger partial charge in [0.25, 0.3) is 0 Å². The van der Waals surface area contributed by atoms with Gasteiger partial charge >= 0.3 is 11.9 Å². The van der Waals surface area contributed by atoms with E-state index in [1.807, 2.05) is 0 Å². The number of carboxylic acid groups (broad SMARTS) is 1. The monoisotopic (exact) mass is 315 g/mol. The van der Waals surface area contributed by atoms with Gasteiger partial charge in [0.05, 0.1) is 12.7 Å². The summed E-state index contributed by atoms with van der Waals surface area (Å²) in [6.45, 7) is 1.29. The Balaban J connectivity index is 2.87. The first-order valence-corrected chi connectivity index (χ1v) is 7.55. The molecule has 1 aromatic rings. The molecule has 21 heavy (non-hydrogen) atoms. The minimum absolute atomic E-state index is 0.0313. The molecule has 0 aliphatic carbocycles. The highest BCUT2D eigenvalue weighted by Gasteiger charge is 2.32. The van der Waals surface area contributed by atoms with Crippen molar-refractivity contribution in [3.63, 3.8) is 0 Å². The van der Waals surface area contributed by atoms with Gasteiger partial charge in [-0.2, -0.15) is 4.31 Å². The number of hydrogen-bond acceptors (Lipinski definition) is 5. The van der Waals surface area contributed by atoms with Gasteiger partial charge in [0.1, 0.15) is 0 Å². The minimum atomic E-state index is -3.83. The summed E-state index contributed by atoms with van der Waals surface area (Å²) in [4.78, 5) is 22.1. The average Bonchev–Trinajstić information content (AvgIpc) is 2.45. The lowest BCUT2D eigenvalue weighted by atomic mass is 10.1. The van der Waals surface area contributed by atoms with E-state index in [4.69, 9.17) is 5.11 Å². The fraction of sp³-hybridized carbons (Fsp3) is 0.385. The maximum Gasteiger partial charge on any atom is 0.335 e. The average molecular weight is 315 g/mol. The van der Waals surface area contributed by atoms with E-state index in [1.54, 1.807) is 0 Å². The molecule has 0 heterocycles. The minimum Gasteiger partial charge on any atom is -0.478 e. The molecule has 0 bridgehead atoms. The Bertz CT molecular complexity index is 623. The third kappa shape index (κ3) is 4.02. The van der Waals surface area contributed by atoms with E-state index in [-0.39, 0.29) is 12.1 Å². The third-order valence-corrected chi connectivity index (χ3v) is 5.10. The van der Waals surface area contributed by atoms with E-state index in [0.717, 1.165) is 11.4 Å². The number of hydrogen-bond donors (Lipinski definition) is 1. The fourth-order valence-electron chi connectivity index (χ4n) is 1.66. The number of carbonyl (C=O) groups excluding carboxylic acids is 1. The molecule has 1 N–H and O–H groups in total. The van der Waals surface area contributed by atoms with Crippen LogP contribution in [0.5, 0.6) is 0 Å². The van der Waals surface area contributed by atoms with Crippen LogP contribution in [0.15, 0.2) is 24.3 Å². The highest BCUT2D eigenvalue weighted by Crippen LogP contribution is 2.13. The number of aromatic carboxylic acids is 1. The first-order valence-electron chi connectivity index (χ1n) is 6.05. The molecule has 0 aliphatic heterocycles. The lowest BCUT2D eigenvalue weighted by Crippen LogP contribution is -2.39. The Kier molecular flexibility index (Phi) is 5.45. The van der Waals surface area contributed by atoms with E-state index in [9.17, 15) is 18.0 Å². The predicted octanol–water partition coefficient (Wildman–Crippen LogP) is 0.708. The van der Waals surface area contributed by atoms with Crippen molar-refractivity contribution in [3.8, 4) is 0 Å². The third-order valence-electron chi connectivity index (χ3n) is 3.02. The van der Waals surface area contributed by atoms with Crippen molar-refractivity contribution in [1.82, 2.24) is 4.31 Å². The molecule has 1 unspecified atom stereocenters. The van der Waals surface area contributed by atoms with Crippen LogP contribution in [0.25, 0.3) is 0 Å². The number of rotatable bonds is 6. The van der Waals surface area contributed by atoms with E-state index >= 15 is 0 Å². The van der Waals surface area contributed by atoms with E-state index < -0.39 is 27.2 Å². The van der Waals surface area contributed by atoms with Gasteiger partial charge in [-0.15, -0.1) is 0 Å². The van der Waals surface area contributed by atoms with E-state index in [1.165, 1.54) is 38.2 Å². The molecule has 0 spiro atoms. The van der Waals surface area contributed by atoms with Crippen molar-refractivity contribution in [2.45, 2.75) is 18.7 Å². The summed E-state index contributed by atoms with van der Waals surface area (Å²) >= 11 is 0. The zero-order valence-electron chi connectivity index (χ0n) is 11.9. The molecular formula is C13H17NO6S. The van der Waals surface area contributed by atoms with E-state index in [0.29, 0.717) is 5.56 Å². The van der Waals surface area contributed by atoms with Crippen LogP contribution in [0.4, 0.5) is 0 Å². The Hall–Kier alpha value is -1.93. The molecule has 0 fully saturated rings. The van der Waals surface area contributed by atoms with Gasteiger partial charge in [-0.1, -0.05) is 12.1 Å². The number of esters is 1. The van der Waals surface area contributed by atoms with Crippen molar-refractivity contribution < 1.29 is 27.9 Å². The lowest BCUT2D eigenvalue weighted by molar-refractivity contribution is -0.139. The number of carbonyl (C=O) groups is 2. The van der Waals surface area contributed by atoms with Crippen LogP contribution in [0.2, 0.25) is 0 Å². The summed E-state index contributed by atoms with van der Waals surface area (Å²) in [7, 11) is -1.36. The molecule has 1 aromatic carbocycles. The van der Waals surface area contributed by atoms with Crippen LogP contribution in [-0.4, -0.2) is 49.2 Å². The molecule has 0 radical (unpaired) electrons. The number of benzene rings is 1. The van der Waals surface area contributed by atoms with Crippen LogP contribution >= 0.6 is 0 Å². The Labute approximate surface area is 123 Å². The number of nitrogens with zero attached hydrogens (tertiary/aromatic N) is 1. The van der Waals surface area contributed by atoms with Crippen LogP contribution in [0.1, 0.15) is 22.8 Å². The summed E-state index contributed by atoms with van der Waals surface area (Å²) in [5.74, 6) is -1.88. The van der Waals surface area contributed by atoms with Gasteiger partial charge < -0.3 is 9.84 Å². The van der Waals surface area contributed by atoms with Gasteiger partial charge in [-0.05, 0) is 24.6 Å². The molecule has 1 rings (SSSR count). The van der Waals surface area contributed by atoms with E-state index in [2.05, 4.69) is 4.74 Å². The lowest BCUT2D eigenvalue weighted by Gasteiger charge is -2.20.